The summed E-state index contributed by atoms with van der Waals surface area (Å²) in [6, 6.07) is 5.75. The molecule has 0 spiro atoms. The van der Waals surface area contributed by atoms with Gasteiger partial charge < -0.3 is 5.32 Å². The Kier molecular flexibility index (Phi) is 4.55. The Morgan fingerprint density at radius 2 is 1.91 bits per heavy atom. The number of piperidine rings is 1. The highest BCUT2D eigenvalue weighted by atomic mass is 16.2. The smallest absolute Gasteiger partial charge is 0.259 e. The molecule has 3 rings (SSSR count). The summed E-state index contributed by atoms with van der Waals surface area (Å²) in [5, 5.41) is 3.16. The number of amides is 1. The van der Waals surface area contributed by atoms with Gasteiger partial charge in [0.05, 0.1) is 6.04 Å². The lowest BCUT2D eigenvalue weighted by Gasteiger charge is -2.35. The van der Waals surface area contributed by atoms with Crippen molar-refractivity contribution in [3.63, 3.8) is 0 Å². The van der Waals surface area contributed by atoms with Gasteiger partial charge in [-0.1, -0.05) is 45.7 Å². The maximum absolute atomic E-state index is 12.7. The molecule has 1 atom stereocenters. The first-order valence-electron chi connectivity index (χ1n) is 7.76. The van der Waals surface area contributed by atoms with Crippen LogP contribution in [0.25, 0.3) is 5.70 Å². The monoisotopic (exact) mass is 296 g/mol. The van der Waals surface area contributed by atoms with E-state index in [4.69, 9.17) is 0 Å². The summed E-state index contributed by atoms with van der Waals surface area (Å²) in [6.45, 7) is 18.1. The molecule has 0 saturated carbocycles. The number of carbonyl (C=O) groups is 1. The highest BCUT2D eigenvalue weighted by molar-refractivity contribution is 6.09. The van der Waals surface area contributed by atoms with Crippen molar-refractivity contribution in [1.82, 2.24) is 10.2 Å². The van der Waals surface area contributed by atoms with Crippen LogP contribution in [-0.2, 0) is 0 Å². The predicted octanol–water partition coefficient (Wildman–Crippen LogP) is 4.23. The second-order valence-electron chi connectivity index (χ2n) is 5.43. The Morgan fingerprint density at radius 1 is 1.23 bits per heavy atom. The van der Waals surface area contributed by atoms with Crippen LogP contribution in [-0.4, -0.2) is 16.8 Å². The van der Waals surface area contributed by atoms with E-state index in [1.54, 1.807) is 4.90 Å². The number of nitrogens with one attached hydrogen (secondary N) is 1. The molecule has 22 heavy (non-hydrogen) atoms. The van der Waals surface area contributed by atoms with Crippen LogP contribution >= 0.6 is 0 Å². The lowest BCUT2D eigenvalue weighted by Crippen LogP contribution is -2.42. The molecule has 116 valence electrons. The van der Waals surface area contributed by atoms with Crippen molar-refractivity contribution in [3.8, 4) is 0 Å². The van der Waals surface area contributed by atoms with Gasteiger partial charge in [0.1, 0.15) is 0 Å². The Morgan fingerprint density at radius 3 is 2.50 bits per heavy atom. The molecule has 0 aromatic heterocycles. The SMILES string of the molecule is C=C1CCC(N2C(=C)c3c(C)cccc3C2=O)C(=C)N1.CC. The molecule has 0 bridgehead atoms. The van der Waals surface area contributed by atoms with E-state index in [2.05, 4.69) is 25.1 Å². The normalized spacial score (nSPS) is 20.3. The Hall–Kier alpha value is -2.29. The fourth-order valence-electron chi connectivity index (χ4n) is 3.07. The third-order valence-corrected chi connectivity index (χ3v) is 4.07. The fourth-order valence-corrected chi connectivity index (χ4v) is 3.07. The van der Waals surface area contributed by atoms with Crippen molar-refractivity contribution in [2.75, 3.05) is 0 Å². The van der Waals surface area contributed by atoms with Gasteiger partial charge in [0.25, 0.3) is 5.91 Å². The van der Waals surface area contributed by atoms with E-state index >= 15 is 0 Å². The molecule has 0 radical (unpaired) electrons. The van der Waals surface area contributed by atoms with Gasteiger partial charge in [0.2, 0.25) is 0 Å². The van der Waals surface area contributed by atoms with Crippen LogP contribution in [0.3, 0.4) is 0 Å². The molecule has 1 aromatic rings. The number of carbonyl (C=O) groups excluding carboxylic acids is 1. The van der Waals surface area contributed by atoms with E-state index in [0.717, 1.165) is 46.6 Å². The minimum Gasteiger partial charge on any atom is -0.362 e. The molecule has 1 unspecified atom stereocenters. The van der Waals surface area contributed by atoms with Crippen LogP contribution in [0.1, 0.15) is 48.2 Å². The van der Waals surface area contributed by atoms with Crippen molar-refractivity contribution in [1.29, 1.82) is 0 Å². The largest absolute Gasteiger partial charge is 0.362 e. The Bertz CT molecular complexity index is 657. The molecule has 0 aliphatic carbocycles. The maximum atomic E-state index is 12.7. The van der Waals surface area contributed by atoms with Crippen LogP contribution in [0.4, 0.5) is 0 Å². The molecule has 1 N–H and O–H groups in total. The summed E-state index contributed by atoms with van der Waals surface area (Å²) in [5.41, 5.74) is 5.35. The molecule has 1 aromatic carbocycles. The van der Waals surface area contributed by atoms with Gasteiger partial charge in [-0.15, -0.1) is 0 Å². The molecular formula is C19H24N2O. The lowest BCUT2D eigenvalue weighted by molar-refractivity contribution is 0.0809. The number of hydrogen-bond acceptors (Lipinski definition) is 2. The summed E-state index contributed by atoms with van der Waals surface area (Å²) < 4.78 is 0. The first-order chi connectivity index (χ1) is 10.5. The molecular weight excluding hydrogens is 272 g/mol. The van der Waals surface area contributed by atoms with Crippen molar-refractivity contribution >= 4 is 11.6 Å². The van der Waals surface area contributed by atoms with Crippen LogP contribution < -0.4 is 5.32 Å². The zero-order valence-electron chi connectivity index (χ0n) is 13.7. The summed E-state index contributed by atoms with van der Waals surface area (Å²) in [4.78, 5) is 14.4. The number of aryl methyl sites for hydroxylation is 1. The summed E-state index contributed by atoms with van der Waals surface area (Å²) >= 11 is 0. The van der Waals surface area contributed by atoms with Crippen LogP contribution in [0.15, 0.2) is 49.3 Å². The number of allylic oxidation sites excluding steroid dienone is 1. The summed E-state index contributed by atoms with van der Waals surface area (Å²) in [6.07, 6.45) is 1.68. The minimum atomic E-state index is -0.0488. The maximum Gasteiger partial charge on any atom is 0.259 e. The number of hydrogen-bond donors (Lipinski definition) is 1. The number of nitrogens with zero attached hydrogens (tertiary/aromatic N) is 1. The fraction of sp³-hybridized carbons (Fsp3) is 0.316. The molecule has 2 aliphatic rings. The predicted molar refractivity (Wildman–Crippen MR) is 92.2 cm³/mol. The molecule has 1 saturated heterocycles. The summed E-state index contributed by atoms with van der Waals surface area (Å²) in [5.74, 6) is 0.0224. The van der Waals surface area contributed by atoms with Gasteiger partial charge >= 0.3 is 0 Å². The zero-order valence-corrected chi connectivity index (χ0v) is 13.7. The third-order valence-electron chi connectivity index (χ3n) is 4.07. The van der Waals surface area contributed by atoms with Gasteiger partial charge in [-0.3, -0.25) is 9.69 Å². The van der Waals surface area contributed by atoms with E-state index in [-0.39, 0.29) is 11.9 Å². The highest BCUT2D eigenvalue weighted by Crippen LogP contribution is 2.38. The second kappa shape index (κ2) is 6.22. The number of rotatable bonds is 1. The molecule has 2 aliphatic heterocycles. The minimum absolute atomic E-state index is 0.0224. The van der Waals surface area contributed by atoms with E-state index in [1.165, 1.54) is 0 Å². The first kappa shape index (κ1) is 16.1. The zero-order chi connectivity index (χ0) is 16.4. The molecule has 1 fully saturated rings. The van der Waals surface area contributed by atoms with Crippen molar-refractivity contribution in [3.05, 3.63) is 66.0 Å². The van der Waals surface area contributed by atoms with Gasteiger partial charge in [-0.05, 0) is 31.4 Å². The van der Waals surface area contributed by atoms with E-state index in [0.29, 0.717) is 0 Å². The van der Waals surface area contributed by atoms with Crippen LogP contribution in [0.2, 0.25) is 0 Å². The van der Waals surface area contributed by atoms with E-state index < -0.39 is 0 Å². The van der Waals surface area contributed by atoms with Crippen LogP contribution in [0.5, 0.6) is 0 Å². The van der Waals surface area contributed by atoms with Crippen molar-refractivity contribution in [2.45, 2.75) is 39.7 Å². The topological polar surface area (TPSA) is 32.3 Å². The first-order valence-corrected chi connectivity index (χ1v) is 7.76. The Labute approximate surface area is 133 Å². The molecule has 3 heteroatoms. The van der Waals surface area contributed by atoms with Crippen molar-refractivity contribution < 1.29 is 4.79 Å². The van der Waals surface area contributed by atoms with Gasteiger partial charge in [0, 0.05) is 28.2 Å². The van der Waals surface area contributed by atoms with Gasteiger partial charge in [0.15, 0.2) is 0 Å². The quantitative estimate of drug-likeness (QED) is 0.841. The second-order valence-corrected chi connectivity index (χ2v) is 5.43. The molecule has 3 nitrogen and oxygen atoms in total. The third kappa shape index (κ3) is 2.47. The standard InChI is InChI=1S/C17H18N2O.C2H6/c1-10-6-5-7-14-16(10)13(4)19(17(14)20)15-9-8-11(2)18-12(15)3;1-2/h5-7,15,18H,2-4,8-9H2,1H3;1-2H3. The van der Waals surface area contributed by atoms with Crippen molar-refractivity contribution in [2.24, 2.45) is 0 Å². The van der Waals surface area contributed by atoms with Gasteiger partial charge in [-0.25, -0.2) is 0 Å². The number of fused-ring (bicyclic) bond motifs is 1. The molecule has 1 amide bonds. The Balaban J connectivity index is 0.000000847. The summed E-state index contributed by atoms with van der Waals surface area (Å²) in [7, 11) is 0. The average molecular weight is 296 g/mol. The highest BCUT2D eigenvalue weighted by Gasteiger charge is 2.38. The lowest BCUT2D eigenvalue weighted by atomic mass is 10.00. The van der Waals surface area contributed by atoms with E-state index in [9.17, 15) is 4.79 Å². The number of benzene rings is 1. The van der Waals surface area contributed by atoms with Gasteiger partial charge in [-0.2, -0.15) is 0 Å². The average Bonchev–Trinajstić information content (AvgIpc) is 2.75. The van der Waals surface area contributed by atoms with E-state index in [1.807, 2.05) is 39.0 Å². The molecule has 2 heterocycles. The van der Waals surface area contributed by atoms with Crippen LogP contribution in [0, 0.1) is 6.92 Å².